The first-order valence-electron chi connectivity index (χ1n) is 9.31. The van der Waals surface area contributed by atoms with Crippen molar-refractivity contribution in [2.24, 2.45) is 0 Å². The number of carbonyl (C=O) groups excluding carboxylic acids is 1. The molecule has 0 aliphatic carbocycles. The van der Waals surface area contributed by atoms with E-state index in [0.717, 1.165) is 30.9 Å². The third-order valence-corrected chi connectivity index (χ3v) is 5.03. The summed E-state index contributed by atoms with van der Waals surface area (Å²) in [5.41, 5.74) is 1.78. The van der Waals surface area contributed by atoms with E-state index in [2.05, 4.69) is 10.2 Å². The highest BCUT2D eigenvalue weighted by Gasteiger charge is 2.18. The first-order chi connectivity index (χ1) is 13.1. The number of benzene rings is 2. The predicted molar refractivity (Wildman–Crippen MR) is 110 cm³/mol. The van der Waals surface area contributed by atoms with Gasteiger partial charge in [-0.15, -0.1) is 0 Å². The Morgan fingerprint density at radius 2 is 1.93 bits per heavy atom. The van der Waals surface area contributed by atoms with Crippen LogP contribution in [0.15, 0.2) is 48.5 Å². The lowest BCUT2D eigenvalue weighted by Crippen LogP contribution is -2.39. The molecule has 2 amide bonds. The standard InChI is InChI=1S/C21H26ClN3O2/c1-27-20-6-4-5-19(15-20)23-21(26)25(14-13-24-11-2-3-12-24)16-17-7-9-18(22)10-8-17/h4-10,15H,2-3,11-14,16H2,1H3,(H,23,26). The quantitative estimate of drug-likeness (QED) is 0.761. The number of amides is 2. The van der Waals surface area contributed by atoms with Crippen LogP contribution in [0.3, 0.4) is 0 Å². The van der Waals surface area contributed by atoms with E-state index in [1.54, 1.807) is 7.11 Å². The van der Waals surface area contributed by atoms with Crippen molar-refractivity contribution < 1.29 is 9.53 Å². The Kier molecular flexibility index (Phi) is 6.96. The van der Waals surface area contributed by atoms with Crippen molar-refractivity contribution in [3.8, 4) is 5.75 Å². The SMILES string of the molecule is COc1cccc(NC(=O)N(CCN2CCCC2)Cc2ccc(Cl)cc2)c1. The van der Waals surface area contributed by atoms with Crippen LogP contribution in [0.2, 0.25) is 5.02 Å². The van der Waals surface area contributed by atoms with Gasteiger partial charge in [0.05, 0.1) is 7.11 Å². The molecule has 5 nitrogen and oxygen atoms in total. The molecule has 27 heavy (non-hydrogen) atoms. The normalized spacial score (nSPS) is 14.1. The van der Waals surface area contributed by atoms with Gasteiger partial charge in [-0.2, -0.15) is 0 Å². The Morgan fingerprint density at radius 1 is 1.19 bits per heavy atom. The molecule has 3 rings (SSSR count). The molecule has 1 aliphatic heterocycles. The highest BCUT2D eigenvalue weighted by Crippen LogP contribution is 2.18. The number of ether oxygens (including phenoxy) is 1. The van der Waals surface area contributed by atoms with E-state index in [9.17, 15) is 4.79 Å². The number of urea groups is 1. The maximum atomic E-state index is 12.9. The molecule has 0 aromatic heterocycles. The second-order valence-corrected chi connectivity index (χ2v) is 7.20. The van der Waals surface area contributed by atoms with E-state index in [1.165, 1.54) is 12.8 Å². The zero-order valence-corrected chi connectivity index (χ0v) is 16.4. The maximum absolute atomic E-state index is 12.9. The minimum atomic E-state index is -0.114. The van der Waals surface area contributed by atoms with Gasteiger partial charge in [-0.1, -0.05) is 29.8 Å². The van der Waals surface area contributed by atoms with E-state index in [4.69, 9.17) is 16.3 Å². The molecule has 0 saturated carbocycles. The van der Waals surface area contributed by atoms with E-state index in [1.807, 2.05) is 53.4 Å². The molecule has 1 aliphatic rings. The fraction of sp³-hybridized carbons (Fsp3) is 0.381. The Balaban J connectivity index is 1.68. The largest absolute Gasteiger partial charge is 0.497 e. The van der Waals surface area contributed by atoms with Crippen LogP contribution in [0.4, 0.5) is 10.5 Å². The molecule has 0 atom stereocenters. The summed E-state index contributed by atoms with van der Waals surface area (Å²) >= 11 is 5.98. The summed E-state index contributed by atoms with van der Waals surface area (Å²) in [6.07, 6.45) is 2.49. The molecular formula is C21H26ClN3O2. The van der Waals surface area contributed by atoms with Crippen molar-refractivity contribution >= 4 is 23.3 Å². The number of nitrogens with one attached hydrogen (secondary N) is 1. The van der Waals surface area contributed by atoms with Gasteiger partial charge in [0.25, 0.3) is 0 Å². The first-order valence-corrected chi connectivity index (χ1v) is 9.68. The lowest BCUT2D eigenvalue weighted by Gasteiger charge is -2.26. The van der Waals surface area contributed by atoms with Crippen LogP contribution in [0, 0.1) is 0 Å². The average molecular weight is 388 g/mol. The zero-order chi connectivity index (χ0) is 19.1. The Morgan fingerprint density at radius 3 is 2.63 bits per heavy atom. The number of carbonyl (C=O) groups is 1. The monoisotopic (exact) mass is 387 g/mol. The van der Waals surface area contributed by atoms with Gasteiger partial charge in [0.2, 0.25) is 0 Å². The zero-order valence-electron chi connectivity index (χ0n) is 15.7. The second kappa shape index (κ2) is 9.62. The van der Waals surface area contributed by atoms with Crippen LogP contribution in [0.1, 0.15) is 18.4 Å². The molecule has 0 unspecified atom stereocenters. The highest BCUT2D eigenvalue weighted by atomic mass is 35.5. The summed E-state index contributed by atoms with van der Waals surface area (Å²) in [5.74, 6) is 0.717. The van der Waals surface area contributed by atoms with Crippen LogP contribution in [0.25, 0.3) is 0 Å². The summed E-state index contributed by atoms with van der Waals surface area (Å²) < 4.78 is 5.23. The van der Waals surface area contributed by atoms with Gasteiger partial charge in [0.1, 0.15) is 5.75 Å². The number of likely N-dealkylation sites (tertiary alicyclic amines) is 1. The Bertz CT molecular complexity index is 745. The van der Waals surface area contributed by atoms with Crippen LogP contribution in [-0.4, -0.2) is 49.1 Å². The molecule has 1 fully saturated rings. The smallest absolute Gasteiger partial charge is 0.322 e. The lowest BCUT2D eigenvalue weighted by molar-refractivity contribution is 0.198. The van der Waals surface area contributed by atoms with Crippen molar-refractivity contribution in [3.63, 3.8) is 0 Å². The first kappa shape index (κ1) is 19.5. The van der Waals surface area contributed by atoms with E-state index in [0.29, 0.717) is 23.9 Å². The number of nitrogens with zero attached hydrogens (tertiary/aromatic N) is 2. The van der Waals surface area contributed by atoms with Crippen molar-refractivity contribution in [2.45, 2.75) is 19.4 Å². The second-order valence-electron chi connectivity index (χ2n) is 6.76. The minimum Gasteiger partial charge on any atom is -0.497 e. The number of hydrogen-bond acceptors (Lipinski definition) is 3. The molecule has 6 heteroatoms. The van der Waals surface area contributed by atoms with Crippen LogP contribution < -0.4 is 10.1 Å². The van der Waals surface area contributed by atoms with E-state index >= 15 is 0 Å². The lowest BCUT2D eigenvalue weighted by atomic mass is 10.2. The summed E-state index contributed by atoms with van der Waals surface area (Å²) in [5, 5.41) is 3.68. The van der Waals surface area contributed by atoms with Crippen molar-refractivity contribution in [1.82, 2.24) is 9.80 Å². The van der Waals surface area contributed by atoms with Gasteiger partial charge in [-0.05, 0) is 55.8 Å². The van der Waals surface area contributed by atoms with Crippen LogP contribution >= 0.6 is 11.6 Å². The summed E-state index contributed by atoms with van der Waals surface area (Å²) in [4.78, 5) is 17.2. The summed E-state index contributed by atoms with van der Waals surface area (Å²) in [6.45, 7) is 4.34. The van der Waals surface area contributed by atoms with Gasteiger partial charge in [0, 0.05) is 36.4 Å². The topological polar surface area (TPSA) is 44.8 Å². The number of methoxy groups -OCH3 is 1. The summed E-state index contributed by atoms with van der Waals surface area (Å²) in [6, 6.07) is 14.9. The molecule has 0 bridgehead atoms. The predicted octanol–water partition coefficient (Wildman–Crippen LogP) is 4.48. The molecular weight excluding hydrogens is 362 g/mol. The Labute approximate surface area is 165 Å². The van der Waals surface area contributed by atoms with Gasteiger partial charge >= 0.3 is 6.03 Å². The molecule has 2 aromatic carbocycles. The third-order valence-electron chi connectivity index (χ3n) is 4.78. The Hall–Kier alpha value is -2.24. The van der Waals surface area contributed by atoms with Crippen LogP contribution in [0.5, 0.6) is 5.75 Å². The highest BCUT2D eigenvalue weighted by molar-refractivity contribution is 6.30. The molecule has 1 N–H and O–H groups in total. The third kappa shape index (κ3) is 5.88. The van der Waals surface area contributed by atoms with Crippen molar-refractivity contribution in [3.05, 3.63) is 59.1 Å². The van der Waals surface area contributed by atoms with Gasteiger partial charge < -0.3 is 19.9 Å². The molecule has 0 radical (unpaired) electrons. The molecule has 0 spiro atoms. The average Bonchev–Trinajstić information content (AvgIpc) is 3.20. The van der Waals surface area contributed by atoms with Gasteiger partial charge in [-0.3, -0.25) is 0 Å². The molecule has 144 valence electrons. The fourth-order valence-corrected chi connectivity index (χ4v) is 3.36. The molecule has 1 heterocycles. The molecule has 2 aromatic rings. The summed E-state index contributed by atoms with van der Waals surface area (Å²) in [7, 11) is 1.61. The maximum Gasteiger partial charge on any atom is 0.322 e. The number of hydrogen-bond donors (Lipinski definition) is 1. The van der Waals surface area contributed by atoms with Crippen molar-refractivity contribution in [2.75, 3.05) is 38.6 Å². The fourth-order valence-electron chi connectivity index (χ4n) is 3.23. The number of rotatable bonds is 7. The van der Waals surface area contributed by atoms with Crippen LogP contribution in [-0.2, 0) is 6.54 Å². The van der Waals surface area contributed by atoms with E-state index in [-0.39, 0.29) is 6.03 Å². The van der Waals surface area contributed by atoms with Crippen molar-refractivity contribution in [1.29, 1.82) is 0 Å². The number of halogens is 1. The van der Waals surface area contributed by atoms with Gasteiger partial charge in [0.15, 0.2) is 0 Å². The number of anilines is 1. The molecule has 1 saturated heterocycles. The van der Waals surface area contributed by atoms with Gasteiger partial charge in [-0.25, -0.2) is 4.79 Å². The van der Waals surface area contributed by atoms with E-state index < -0.39 is 0 Å². The minimum absolute atomic E-state index is 0.114.